The van der Waals surface area contributed by atoms with E-state index < -0.39 is 0 Å². The van der Waals surface area contributed by atoms with E-state index in [0.717, 1.165) is 39.1 Å². The molecule has 5 heteroatoms. The Hall–Kier alpha value is -1.23. The van der Waals surface area contributed by atoms with E-state index in [-0.39, 0.29) is 6.04 Å². The molecule has 2 aromatic rings. The number of fused-ring (bicyclic) bond motifs is 1. The first-order valence-corrected chi connectivity index (χ1v) is 7.81. The average molecular weight is 369 g/mol. The maximum atomic E-state index is 6.42. The van der Waals surface area contributed by atoms with Gasteiger partial charge in [-0.1, -0.05) is 17.7 Å². The number of nitrogens with two attached hydrogens (primary N) is 1. The molecule has 0 amide bonds. The van der Waals surface area contributed by atoms with Crippen LogP contribution in [0.1, 0.15) is 22.7 Å². The Morgan fingerprint density at radius 2 is 2.14 bits per heavy atom. The summed E-state index contributed by atoms with van der Waals surface area (Å²) in [5, 5.41) is 0.692. The van der Waals surface area contributed by atoms with E-state index >= 15 is 0 Å². The topological polar surface area (TPSA) is 44.5 Å². The standard InChI is InChI=1S/C16H15BrClNO2/c1-20-14-3-2-9(7-13(14)17)15(19)12-8-11(18)6-10-4-5-21-16(10)12/h2-3,6-8,15H,4-5,19H2,1H3. The van der Waals surface area contributed by atoms with Crippen LogP contribution in [-0.4, -0.2) is 13.7 Å². The number of halogens is 2. The van der Waals surface area contributed by atoms with Gasteiger partial charge in [-0.25, -0.2) is 0 Å². The zero-order chi connectivity index (χ0) is 15.0. The van der Waals surface area contributed by atoms with Gasteiger partial charge in [0.15, 0.2) is 0 Å². The fraction of sp³-hybridized carbons (Fsp3) is 0.250. The zero-order valence-corrected chi connectivity index (χ0v) is 13.9. The first-order chi connectivity index (χ1) is 10.1. The lowest BCUT2D eigenvalue weighted by Crippen LogP contribution is -2.13. The lowest BCUT2D eigenvalue weighted by Gasteiger charge is -2.17. The Morgan fingerprint density at radius 3 is 2.86 bits per heavy atom. The van der Waals surface area contributed by atoms with Crippen molar-refractivity contribution < 1.29 is 9.47 Å². The number of ether oxygens (including phenoxy) is 2. The van der Waals surface area contributed by atoms with Crippen LogP contribution >= 0.6 is 27.5 Å². The van der Waals surface area contributed by atoms with Crippen LogP contribution in [0.25, 0.3) is 0 Å². The lowest BCUT2D eigenvalue weighted by molar-refractivity contribution is 0.352. The second-order valence-corrected chi connectivity index (χ2v) is 6.24. The third kappa shape index (κ3) is 2.76. The Bertz CT molecular complexity index is 690. The summed E-state index contributed by atoms with van der Waals surface area (Å²) >= 11 is 9.69. The minimum Gasteiger partial charge on any atom is -0.496 e. The van der Waals surface area contributed by atoms with Crippen molar-refractivity contribution in [2.45, 2.75) is 12.5 Å². The van der Waals surface area contributed by atoms with Gasteiger partial charge < -0.3 is 15.2 Å². The molecule has 2 aromatic carbocycles. The summed E-state index contributed by atoms with van der Waals surface area (Å²) in [5.41, 5.74) is 9.44. The molecule has 0 bridgehead atoms. The van der Waals surface area contributed by atoms with Gasteiger partial charge in [0.05, 0.1) is 24.2 Å². The predicted octanol–water partition coefficient (Wildman–Crippen LogP) is 4.09. The summed E-state index contributed by atoms with van der Waals surface area (Å²) in [4.78, 5) is 0. The molecule has 0 fully saturated rings. The molecule has 0 aromatic heterocycles. The zero-order valence-electron chi connectivity index (χ0n) is 11.5. The molecule has 0 radical (unpaired) electrons. The second kappa shape index (κ2) is 5.87. The molecule has 110 valence electrons. The van der Waals surface area contributed by atoms with Crippen LogP contribution in [0.3, 0.4) is 0 Å². The van der Waals surface area contributed by atoms with E-state index in [2.05, 4.69) is 15.9 Å². The van der Waals surface area contributed by atoms with Gasteiger partial charge in [-0.2, -0.15) is 0 Å². The van der Waals surface area contributed by atoms with E-state index in [1.807, 2.05) is 30.3 Å². The largest absolute Gasteiger partial charge is 0.496 e. The van der Waals surface area contributed by atoms with E-state index in [1.165, 1.54) is 0 Å². The van der Waals surface area contributed by atoms with Gasteiger partial charge in [-0.15, -0.1) is 0 Å². The highest BCUT2D eigenvalue weighted by molar-refractivity contribution is 9.10. The lowest BCUT2D eigenvalue weighted by atomic mass is 9.96. The van der Waals surface area contributed by atoms with Crippen LogP contribution < -0.4 is 15.2 Å². The molecular weight excluding hydrogens is 354 g/mol. The minimum atomic E-state index is -0.294. The normalized spacial score (nSPS) is 14.5. The summed E-state index contributed by atoms with van der Waals surface area (Å²) in [6.07, 6.45) is 0.877. The molecule has 0 aliphatic carbocycles. The molecule has 1 atom stereocenters. The monoisotopic (exact) mass is 367 g/mol. The number of methoxy groups -OCH3 is 1. The average Bonchev–Trinajstić information content (AvgIpc) is 2.93. The van der Waals surface area contributed by atoms with Crippen LogP contribution in [-0.2, 0) is 6.42 Å². The minimum absolute atomic E-state index is 0.294. The van der Waals surface area contributed by atoms with Crippen molar-refractivity contribution in [1.29, 1.82) is 0 Å². The molecule has 2 N–H and O–H groups in total. The molecule has 0 spiro atoms. The molecule has 3 nitrogen and oxygen atoms in total. The van der Waals surface area contributed by atoms with Crippen molar-refractivity contribution in [2.24, 2.45) is 5.73 Å². The molecular formula is C16H15BrClNO2. The van der Waals surface area contributed by atoms with Crippen molar-refractivity contribution in [3.8, 4) is 11.5 Å². The fourth-order valence-corrected chi connectivity index (χ4v) is 3.39. The Balaban J connectivity index is 2.03. The van der Waals surface area contributed by atoms with Gasteiger partial charge in [-0.05, 0) is 51.3 Å². The molecule has 1 unspecified atom stereocenters. The van der Waals surface area contributed by atoms with Crippen LogP contribution in [0, 0.1) is 0 Å². The second-order valence-electron chi connectivity index (χ2n) is 4.95. The maximum absolute atomic E-state index is 6.42. The highest BCUT2D eigenvalue weighted by Crippen LogP contribution is 2.38. The van der Waals surface area contributed by atoms with E-state index in [4.69, 9.17) is 26.8 Å². The van der Waals surface area contributed by atoms with Crippen LogP contribution in [0.15, 0.2) is 34.8 Å². The number of rotatable bonds is 3. The Morgan fingerprint density at radius 1 is 1.33 bits per heavy atom. The van der Waals surface area contributed by atoms with Gasteiger partial charge in [0, 0.05) is 17.0 Å². The van der Waals surface area contributed by atoms with Gasteiger partial charge >= 0.3 is 0 Å². The summed E-state index contributed by atoms with van der Waals surface area (Å²) in [5.74, 6) is 1.65. The molecule has 0 saturated heterocycles. The summed E-state index contributed by atoms with van der Waals surface area (Å²) < 4.78 is 11.8. The van der Waals surface area contributed by atoms with Crippen molar-refractivity contribution in [1.82, 2.24) is 0 Å². The van der Waals surface area contributed by atoms with Gasteiger partial charge in [0.25, 0.3) is 0 Å². The van der Waals surface area contributed by atoms with E-state index in [9.17, 15) is 0 Å². The number of hydrogen-bond donors (Lipinski definition) is 1. The van der Waals surface area contributed by atoms with Crippen molar-refractivity contribution in [3.05, 3.63) is 56.5 Å². The van der Waals surface area contributed by atoms with E-state index in [0.29, 0.717) is 11.6 Å². The predicted molar refractivity (Wildman–Crippen MR) is 87.4 cm³/mol. The van der Waals surface area contributed by atoms with Crippen molar-refractivity contribution in [3.63, 3.8) is 0 Å². The van der Waals surface area contributed by atoms with Gasteiger partial charge in [-0.3, -0.25) is 0 Å². The number of benzene rings is 2. The molecule has 3 rings (SSSR count). The highest BCUT2D eigenvalue weighted by Gasteiger charge is 2.22. The van der Waals surface area contributed by atoms with E-state index in [1.54, 1.807) is 7.11 Å². The Kier molecular flexibility index (Phi) is 4.11. The maximum Gasteiger partial charge on any atom is 0.133 e. The summed E-state index contributed by atoms with van der Waals surface area (Å²) in [6.45, 7) is 0.682. The van der Waals surface area contributed by atoms with Crippen LogP contribution in [0.5, 0.6) is 11.5 Å². The number of hydrogen-bond acceptors (Lipinski definition) is 3. The SMILES string of the molecule is COc1ccc(C(N)c2cc(Cl)cc3c2OCC3)cc1Br. The molecule has 21 heavy (non-hydrogen) atoms. The van der Waals surface area contributed by atoms with Crippen molar-refractivity contribution >= 4 is 27.5 Å². The van der Waals surface area contributed by atoms with Crippen molar-refractivity contribution in [2.75, 3.05) is 13.7 Å². The van der Waals surface area contributed by atoms with Gasteiger partial charge in [0.1, 0.15) is 11.5 Å². The fourth-order valence-electron chi connectivity index (χ4n) is 2.58. The first kappa shape index (κ1) is 14.7. The smallest absolute Gasteiger partial charge is 0.133 e. The van der Waals surface area contributed by atoms with Crippen LogP contribution in [0.2, 0.25) is 5.02 Å². The van der Waals surface area contributed by atoms with Crippen LogP contribution in [0.4, 0.5) is 0 Å². The van der Waals surface area contributed by atoms with Gasteiger partial charge in [0.2, 0.25) is 0 Å². The quantitative estimate of drug-likeness (QED) is 0.887. The molecule has 1 heterocycles. The summed E-state index contributed by atoms with van der Waals surface area (Å²) in [7, 11) is 1.64. The third-order valence-electron chi connectivity index (χ3n) is 3.65. The Labute approximate surface area is 137 Å². The third-order valence-corrected chi connectivity index (χ3v) is 4.49. The molecule has 1 aliphatic rings. The highest BCUT2D eigenvalue weighted by atomic mass is 79.9. The first-order valence-electron chi connectivity index (χ1n) is 6.64. The molecule has 0 saturated carbocycles. The summed E-state index contributed by atoms with van der Waals surface area (Å²) in [6, 6.07) is 9.35. The molecule has 1 aliphatic heterocycles.